The smallest absolute Gasteiger partial charge is 0.364 e. The molecule has 3 N–H and O–H groups in total. The van der Waals surface area contributed by atoms with Crippen LogP contribution in [0.15, 0.2) is 33.6 Å². The lowest BCUT2D eigenvalue weighted by atomic mass is 10.0. The van der Waals surface area contributed by atoms with Crippen LogP contribution in [0, 0.1) is 19.7 Å². The Labute approximate surface area is 174 Å². The molecule has 3 aromatic rings. The first-order valence-electron chi connectivity index (χ1n) is 10.0. The summed E-state index contributed by atoms with van der Waals surface area (Å²) in [6.45, 7) is 10.8. The summed E-state index contributed by atoms with van der Waals surface area (Å²) in [4.78, 5) is 27.6. The van der Waals surface area contributed by atoms with E-state index in [2.05, 4.69) is 24.1 Å². The van der Waals surface area contributed by atoms with E-state index in [1.54, 1.807) is 19.9 Å². The van der Waals surface area contributed by atoms with Crippen molar-refractivity contribution in [3.63, 3.8) is 0 Å². The second-order valence-electron chi connectivity index (χ2n) is 7.22. The molecule has 2 heterocycles. The van der Waals surface area contributed by atoms with Gasteiger partial charge in [0.25, 0.3) is 5.91 Å². The molecular weight excluding hydrogens is 387 g/mol. The summed E-state index contributed by atoms with van der Waals surface area (Å²) < 4.78 is 20.5. The Morgan fingerprint density at radius 2 is 1.90 bits per heavy atom. The average molecular weight is 414 g/mol. The van der Waals surface area contributed by atoms with Gasteiger partial charge in [-0.2, -0.15) is 4.57 Å². The molecule has 0 radical (unpaired) electrons. The molecule has 1 amide bonds. The summed E-state index contributed by atoms with van der Waals surface area (Å²) in [7, 11) is 0. The van der Waals surface area contributed by atoms with Crippen LogP contribution >= 0.6 is 0 Å². The number of anilines is 1. The Balaban J connectivity index is 2.00. The highest BCUT2D eigenvalue weighted by Crippen LogP contribution is 2.28. The molecule has 0 fully saturated rings. The Morgan fingerprint density at radius 1 is 1.20 bits per heavy atom. The minimum Gasteiger partial charge on any atom is -0.398 e. The molecule has 30 heavy (non-hydrogen) atoms. The monoisotopic (exact) mass is 414 g/mol. The molecule has 2 aromatic heterocycles. The summed E-state index contributed by atoms with van der Waals surface area (Å²) in [5, 5.41) is 2.93. The molecule has 7 nitrogen and oxygen atoms in total. The Kier molecular flexibility index (Phi) is 6.26. The van der Waals surface area contributed by atoms with Crippen molar-refractivity contribution in [1.82, 2.24) is 14.8 Å². The first-order valence-corrected chi connectivity index (χ1v) is 10.0. The van der Waals surface area contributed by atoms with E-state index < -0.39 is 11.4 Å². The predicted octanol–water partition coefficient (Wildman–Crippen LogP) is 2.97. The lowest BCUT2D eigenvalue weighted by molar-refractivity contribution is 0.0947. The van der Waals surface area contributed by atoms with Crippen LogP contribution in [0.2, 0.25) is 0 Å². The number of rotatable bonds is 7. The van der Waals surface area contributed by atoms with Crippen molar-refractivity contribution in [3.05, 3.63) is 57.3 Å². The van der Waals surface area contributed by atoms with Crippen molar-refractivity contribution in [1.29, 1.82) is 0 Å². The first kappa shape index (κ1) is 21.6. The van der Waals surface area contributed by atoms with Crippen LogP contribution in [-0.2, 0) is 0 Å². The van der Waals surface area contributed by atoms with Crippen LogP contribution < -0.4 is 16.7 Å². The Hall–Kier alpha value is -3.13. The van der Waals surface area contributed by atoms with E-state index in [9.17, 15) is 14.0 Å². The maximum atomic E-state index is 13.7. The molecule has 0 bridgehead atoms. The van der Waals surface area contributed by atoms with Gasteiger partial charge in [0.2, 0.25) is 0 Å². The van der Waals surface area contributed by atoms with Gasteiger partial charge in [-0.1, -0.05) is 13.8 Å². The quantitative estimate of drug-likeness (QED) is 0.580. The SMILES string of the molecule is CCN(CC)CCNC(=O)c1c(C)c2cc(-c3cc(F)ccc3N)c(=O)on2c1C. The van der Waals surface area contributed by atoms with Crippen LogP contribution in [0.3, 0.4) is 0 Å². The van der Waals surface area contributed by atoms with E-state index in [4.69, 9.17) is 10.3 Å². The predicted molar refractivity (Wildman–Crippen MR) is 115 cm³/mol. The van der Waals surface area contributed by atoms with Gasteiger partial charge >= 0.3 is 5.63 Å². The zero-order valence-electron chi connectivity index (χ0n) is 17.7. The summed E-state index contributed by atoms with van der Waals surface area (Å²) in [6.07, 6.45) is 0. The maximum Gasteiger partial charge on any atom is 0.364 e. The van der Waals surface area contributed by atoms with Crippen molar-refractivity contribution >= 4 is 17.1 Å². The van der Waals surface area contributed by atoms with Crippen LogP contribution in [0.4, 0.5) is 10.1 Å². The van der Waals surface area contributed by atoms with Crippen LogP contribution in [0.1, 0.15) is 35.5 Å². The van der Waals surface area contributed by atoms with Gasteiger partial charge in [-0.3, -0.25) is 4.79 Å². The number of aromatic nitrogens is 1. The third kappa shape index (κ3) is 3.95. The zero-order valence-corrected chi connectivity index (χ0v) is 17.7. The van der Waals surface area contributed by atoms with Crippen molar-refractivity contribution in [3.8, 4) is 11.1 Å². The zero-order chi connectivity index (χ0) is 22.0. The highest BCUT2D eigenvalue weighted by molar-refractivity contribution is 5.99. The van der Waals surface area contributed by atoms with Gasteiger partial charge in [-0.25, -0.2) is 9.18 Å². The number of halogens is 1. The Morgan fingerprint density at radius 3 is 2.57 bits per heavy atom. The van der Waals surface area contributed by atoms with Gasteiger partial charge in [0.15, 0.2) is 0 Å². The molecule has 0 saturated heterocycles. The standard InChI is InChI=1S/C22H27FN4O3/c1-5-26(6-2)10-9-25-21(28)20-13(3)19-12-17(22(29)30-27(19)14(20)4)16-11-15(23)7-8-18(16)24/h7-8,11-12H,5-6,9-10,24H2,1-4H3,(H,25,28). The first-order chi connectivity index (χ1) is 14.3. The van der Waals surface area contributed by atoms with E-state index >= 15 is 0 Å². The molecule has 0 aliphatic rings. The largest absolute Gasteiger partial charge is 0.398 e. The molecule has 0 unspecified atom stereocenters. The number of amides is 1. The van der Waals surface area contributed by atoms with Crippen LogP contribution in [0.5, 0.6) is 0 Å². The maximum absolute atomic E-state index is 13.7. The Bertz CT molecular complexity index is 1150. The summed E-state index contributed by atoms with van der Waals surface area (Å²) in [6, 6.07) is 5.42. The molecule has 3 rings (SSSR count). The van der Waals surface area contributed by atoms with Crippen molar-refractivity contribution < 1.29 is 13.7 Å². The van der Waals surface area contributed by atoms with Gasteiger partial charge in [0, 0.05) is 24.3 Å². The fourth-order valence-corrected chi connectivity index (χ4v) is 3.69. The molecule has 160 valence electrons. The fraction of sp³-hybridized carbons (Fsp3) is 0.364. The number of nitrogens with one attached hydrogen (secondary N) is 1. The topological polar surface area (TPSA) is 93.0 Å². The van der Waals surface area contributed by atoms with Gasteiger partial charge < -0.3 is 20.5 Å². The average Bonchev–Trinajstić information content (AvgIpc) is 2.96. The summed E-state index contributed by atoms with van der Waals surface area (Å²) in [5.41, 5.74) is 8.16. The van der Waals surface area contributed by atoms with E-state index in [1.807, 2.05) is 0 Å². The van der Waals surface area contributed by atoms with Gasteiger partial charge in [-0.15, -0.1) is 0 Å². The number of likely N-dealkylation sites (N-methyl/N-ethyl adjacent to an activating group) is 1. The molecule has 0 saturated carbocycles. The highest BCUT2D eigenvalue weighted by Gasteiger charge is 2.22. The fourth-order valence-electron chi connectivity index (χ4n) is 3.69. The molecule has 0 aliphatic carbocycles. The number of nitrogen functional groups attached to an aromatic ring is 1. The number of nitrogens with zero attached hydrogens (tertiary/aromatic N) is 2. The lowest BCUT2D eigenvalue weighted by Crippen LogP contribution is -2.35. The summed E-state index contributed by atoms with van der Waals surface area (Å²) in [5.74, 6) is -0.731. The number of carbonyl (C=O) groups is 1. The van der Waals surface area contributed by atoms with Crippen molar-refractivity contribution in [2.24, 2.45) is 0 Å². The number of nitrogens with two attached hydrogens (primary N) is 1. The third-order valence-electron chi connectivity index (χ3n) is 5.46. The number of benzene rings is 1. The number of carbonyl (C=O) groups excluding carboxylic acids is 1. The normalized spacial score (nSPS) is 11.4. The molecule has 0 spiro atoms. The van der Waals surface area contributed by atoms with Gasteiger partial charge in [0.1, 0.15) is 5.82 Å². The molecule has 8 heteroatoms. The number of fused-ring (bicyclic) bond motifs is 1. The van der Waals surface area contributed by atoms with E-state index in [1.165, 1.54) is 22.8 Å². The lowest BCUT2D eigenvalue weighted by Gasteiger charge is -2.18. The molecule has 0 atom stereocenters. The second-order valence-corrected chi connectivity index (χ2v) is 7.22. The van der Waals surface area contributed by atoms with E-state index in [-0.39, 0.29) is 22.7 Å². The molecular formula is C22H27FN4O3. The number of hydrogen-bond donors (Lipinski definition) is 2. The van der Waals surface area contributed by atoms with E-state index in [0.717, 1.165) is 19.6 Å². The second kappa shape index (κ2) is 8.71. The van der Waals surface area contributed by atoms with Crippen LogP contribution in [0.25, 0.3) is 16.6 Å². The highest BCUT2D eigenvalue weighted by atomic mass is 19.1. The third-order valence-corrected chi connectivity index (χ3v) is 5.46. The number of hydrogen-bond acceptors (Lipinski definition) is 5. The van der Waals surface area contributed by atoms with Gasteiger partial charge in [-0.05, 0) is 56.8 Å². The van der Waals surface area contributed by atoms with Crippen molar-refractivity contribution in [2.45, 2.75) is 27.7 Å². The van der Waals surface area contributed by atoms with Crippen molar-refractivity contribution in [2.75, 3.05) is 31.9 Å². The van der Waals surface area contributed by atoms with E-state index in [0.29, 0.717) is 28.9 Å². The minimum atomic E-state index is -0.661. The van der Waals surface area contributed by atoms with Gasteiger partial charge in [0.05, 0.1) is 22.3 Å². The molecule has 1 aromatic carbocycles. The summed E-state index contributed by atoms with van der Waals surface area (Å²) >= 11 is 0. The number of aryl methyl sites for hydroxylation is 2. The minimum absolute atomic E-state index is 0.147. The van der Waals surface area contributed by atoms with Crippen LogP contribution in [-0.4, -0.2) is 41.6 Å². The molecule has 0 aliphatic heterocycles.